The molecule has 2 rings (SSSR count). The first kappa shape index (κ1) is 13.5. The third kappa shape index (κ3) is 3.29. The van der Waals surface area contributed by atoms with Crippen LogP contribution in [0.15, 0.2) is 24.3 Å². The summed E-state index contributed by atoms with van der Waals surface area (Å²) in [6.45, 7) is 0. The van der Waals surface area contributed by atoms with Crippen LogP contribution in [0.5, 0.6) is 0 Å². The molecule has 2 N–H and O–H groups in total. The van der Waals surface area contributed by atoms with Gasteiger partial charge in [0.25, 0.3) is 11.6 Å². The maximum atomic E-state index is 12.0. The summed E-state index contributed by atoms with van der Waals surface area (Å²) in [5.74, 6) is -0.380. The molecule has 0 unspecified atom stereocenters. The Labute approximate surface area is 110 Å². The van der Waals surface area contributed by atoms with Crippen molar-refractivity contribution >= 4 is 11.6 Å². The number of nitrogens with one attached hydrogen (secondary N) is 1. The summed E-state index contributed by atoms with van der Waals surface area (Å²) < 4.78 is 0. The number of aliphatic hydroxyl groups excluding tert-OH is 1. The number of hydrogen-bond acceptors (Lipinski definition) is 4. The second-order valence-corrected chi connectivity index (χ2v) is 4.74. The minimum Gasteiger partial charge on any atom is -0.391 e. The molecule has 1 aromatic carbocycles. The van der Waals surface area contributed by atoms with Crippen molar-refractivity contribution in [3.05, 3.63) is 39.9 Å². The van der Waals surface area contributed by atoms with Gasteiger partial charge in [-0.3, -0.25) is 14.9 Å². The van der Waals surface area contributed by atoms with Gasteiger partial charge in [0, 0.05) is 17.7 Å². The number of amides is 1. The molecule has 6 heteroatoms. The van der Waals surface area contributed by atoms with E-state index in [1.165, 1.54) is 24.3 Å². The van der Waals surface area contributed by atoms with Gasteiger partial charge in [0.05, 0.1) is 17.1 Å². The topological polar surface area (TPSA) is 92.5 Å². The fraction of sp³-hybridized carbons (Fsp3) is 0.462. The van der Waals surface area contributed by atoms with Gasteiger partial charge < -0.3 is 10.4 Å². The van der Waals surface area contributed by atoms with E-state index < -0.39 is 11.0 Å². The Morgan fingerprint density at radius 3 is 2.79 bits per heavy atom. The number of nitrogens with zero attached hydrogens (tertiary/aromatic N) is 1. The highest BCUT2D eigenvalue weighted by Gasteiger charge is 2.25. The van der Waals surface area contributed by atoms with Crippen molar-refractivity contribution < 1.29 is 14.8 Å². The molecule has 0 saturated heterocycles. The smallest absolute Gasteiger partial charge is 0.270 e. The van der Waals surface area contributed by atoms with Gasteiger partial charge in [-0.15, -0.1) is 0 Å². The van der Waals surface area contributed by atoms with E-state index in [0.717, 1.165) is 19.3 Å². The Kier molecular flexibility index (Phi) is 4.11. The van der Waals surface area contributed by atoms with Crippen LogP contribution in [0.25, 0.3) is 0 Å². The molecule has 1 aliphatic carbocycles. The van der Waals surface area contributed by atoms with Gasteiger partial charge >= 0.3 is 0 Å². The Morgan fingerprint density at radius 1 is 1.37 bits per heavy atom. The summed E-state index contributed by atoms with van der Waals surface area (Å²) in [4.78, 5) is 22.1. The molecule has 19 heavy (non-hydrogen) atoms. The Hall–Kier alpha value is -1.95. The predicted octanol–water partition coefficient (Wildman–Crippen LogP) is 1.63. The standard InChI is InChI=1S/C13H16N2O4/c16-12-7-2-1-6-11(12)14-13(17)9-4-3-5-10(8-9)15(18)19/h3-5,8,11-12,16H,1-2,6-7H2,(H,14,17)/t11-,12-/m1/s1. The van der Waals surface area contributed by atoms with Crippen LogP contribution >= 0.6 is 0 Å². The number of carbonyl (C=O) groups excluding carboxylic acids is 1. The van der Waals surface area contributed by atoms with E-state index >= 15 is 0 Å². The zero-order valence-electron chi connectivity index (χ0n) is 10.4. The zero-order chi connectivity index (χ0) is 13.8. The lowest BCUT2D eigenvalue weighted by molar-refractivity contribution is -0.384. The Balaban J connectivity index is 2.07. The molecule has 102 valence electrons. The SMILES string of the molecule is O=C(N[C@@H]1CCCC[C@H]1O)c1cccc([N+](=O)[O-])c1. The first-order chi connectivity index (χ1) is 9.08. The van der Waals surface area contributed by atoms with E-state index in [4.69, 9.17) is 0 Å². The highest BCUT2D eigenvalue weighted by atomic mass is 16.6. The number of aliphatic hydroxyl groups is 1. The summed E-state index contributed by atoms with van der Waals surface area (Å²) in [7, 11) is 0. The molecule has 0 aromatic heterocycles. The monoisotopic (exact) mass is 264 g/mol. The van der Waals surface area contributed by atoms with Crippen molar-refractivity contribution in [1.29, 1.82) is 0 Å². The van der Waals surface area contributed by atoms with Crippen LogP contribution < -0.4 is 5.32 Å². The predicted molar refractivity (Wildman–Crippen MR) is 68.8 cm³/mol. The van der Waals surface area contributed by atoms with E-state index in [1.807, 2.05) is 0 Å². The van der Waals surface area contributed by atoms with Crippen molar-refractivity contribution in [3.63, 3.8) is 0 Å². The average Bonchev–Trinajstić information content (AvgIpc) is 2.41. The second kappa shape index (κ2) is 5.79. The van der Waals surface area contributed by atoms with Gasteiger partial charge in [-0.05, 0) is 18.9 Å². The molecule has 0 radical (unpaired) electrons. The van der Waals surface area contributed by atoms with Gasteiger partial charge in [-0.1, -0.05) is 18.9 Å². The van der Waals surface area contributed by atoms with Gasteiger partial charge in [-0.2, -0.15) is 0 Å². The van der Waals surface area contributed by atoms with Crippen LogP contribution in [0.4, 0.5) is 5.69 Å². The molecule has 1 amide bonds. The second-order valence-electron chi connectivity index (χ2n) is 4.74. The summed E-state index contributed by atoms with van der Waals surface area (Å²) in [6, 6.07) is 5.32. The first-order valence-corrected chi connectivity index (χ1v) is 6.31. The van der Waals surface area contributed by atoms with Crippen molar-refractivity contribution in [2.45, 2.75) is 37.8 Å². The number of carbonyl (C=O) groups is 1. The minimum absolute atomic E-state index is 0.114. The molecule has 1 saturated carbocycles. The minimum atomic E-state index is -0.535. The van der Waals surface area contributed by atoms with E-state index in [-0.39, 0.29) is 23.2 Å². The molecule has 2 atom stereocenters. The van der Waals surface area contributed by atoms with E-state index in [2.05, 4.69) is 5.32 Å². The van der Waals surface area contributed by atoms with Crippen LogP contribution in [-0.2, 0) is 0 Å². The number of hydrogen-bond donors (Lipinski definition) is 2. The summed E-state index contributed by atoms with van der Waals surface area (Å²) in [6.07, 6.45) is 2.82. The summed E-state index contributed by atoms with van der Waals surface area (Å²) >= 11 is 0. The molecule has 0 heterocycles. The van der Waals surface area contributed by atoms with Gasteiger partial charge in [0.1, 0.15) is 0 Å². The van der Waals surface area contributed by atoms with E-state index in [1.54, 1.807) is 0 Å². The maximum absolute atomic E-state index is 12.0. The van der Waals surface area contributed by atoms with E-state index in [0.29, 0.717) is 6.42 Å². The molecule has 0 spiro atoms. The fourth-order valence-electron chi connectivity index (χ4n) is 2.29. The average molecular weight is 264 g/mol. The third-order valence-electron chi connectivity index (χ3n) is 3.37. The molecule has 0 aliphatic heterocycles. The number of nitro benzene ring substituents is 1. The first-order valence-electron chi connectivity index (χ1n) is 6.31. The quantitative estimate of drug-likeness (QED) is 0.641. The van der Waals surface area contributed by atoms with E-state index in [9.17, 15) is 20.0 Å². The molecule has 1 fully saturated rings. The van der Waals surface area contributed by atoms with Crippen molar-refractivity contribution in [1.82, 2.24) is 5.32 Å². The van der Waals surface area contributed by atoms with Crippen LogP contribution in [0, 0.1) is 10.1 Å². The lowest BCUT2D eigenvalue weighted by atomic mass is 9.92. The van der Waals surface area contributed by atoms with Crippen LogP contribution in [0.3, 0.4) is 0 Å². The number of rotatable bonds is 3. The molecular formula is C13H16N2O4. The van der Waals surface area contributed by atoms with Crippen molar-refractivity contribution in [2.75, 3.05) is 0 Å². The van der Waals surface area contributed by atoms with Crippen LogP contribution in [0.1, 0.15) is 36.0 Å². The molecule has 6 nitrogen and oxygen atoms in total. The van der Waals surface area contributed by atoms with Crippen molar-refractivity contribution in [3.8, 4) is 0 Å². The molecule has 1 aliphatic rings. The zero-order valence-corrected chi connectivity index (χ0v) is 10.4. The van der Waals surface area contributed by atoms with Crippen LogP contribution in [0.2, 0.25) is 0 Å². The summed E-state index contributed by atoms with van der Waals surface area (Å²) in [5, 5.41) is 23.2. The molecular weight excluding hydrogens is 248 g/mol. The number of non-ortho nitro benzene ring substituents is 1. The fourth-order valence-corrected chi connectivity index (χ4v) is 2.29. The lowest BCUT2D eigenvalue weighted by Crippen LogP contribution is -2.45. The van der Waals surface area contributed by atoms with Crippen LogP contribution in [-0.4, -0.2) is 28.1 Å². The van der Waals surface area contributed by atoms with Crippen molar-refractivity contribution in [2.24, 2.45) is 0 Å². The Morgan fingerprint density at radius 2 is 2.11 bits per heavy atom. The third-order valence-corrected chi connectivity index (χ3v) is 3.37. The normalized spacial score (nSPS) is 22.8. The van der Waals surface area contributed by atoms with Gasteiger partial charge in [0.2, 0.25) is 0 Å². The number of nitro groups is 1. The highest BCUT2D eigenvalue weighted by Crippen LogP contribution is 2.19. The Bertz CT molecular complexity index is 489. The maximum Gasteiger partial charge on any atom is 0.270 e. The molecule has 0 bridgehead atoms. The van der Waals surface area contributed by atoms with Gasteiger partial charge in [-0.25, -0.2) is 0 Å². The highest BCUT2D eigenvalue weighted by molar-refractivity contribution is 5.95. The van der Waals surface area contributed by atoms with Gasteiger partial charge in [0.15, 0.2) is 0 Å². The number of benzene rings is 1. The molecule has 1 aromatic rings. The summed E-state index contributed by atoms with van der Waals surface area (Å²) in [5.41, 5.74) is 0.129. The largest absolute Gasteiger partial charge is 0.391 e. The lowest BCUT2D eigenvalue weighted by Gasteiger charge is -2.28.